The van der Waals surface area contributed by atoms with Crippen LogP contribution in [0.2, 0.25) is 0 Å². The summed E-state index contributed by atoms with van der Waals surface area (Å²) in [5.41, 5.74) is 0.738. The number of fused-ring (bicyclic) bond motifs is 1. The molecule has 0 aromatic carbocycles. The summed E-state index contributed by atoms with van der Waals surface area (Å²) in [7, 11) is 2.04. The van der Waals surface area contributed by atoms with E-state index in [9.17, 15) is 5.11 Å². The van der Waals surface area contributed by atoms with E-state index >= 15 is 0 Å². The van der Waals surface area contributed by atoms with Crippen LogP contribution in [0.5, 0.6) is 0 Å². The molecule has 1 fully saturated rings. The molecule has 2 aromatic heterocycles. The maximum Gasteiger partial charge on any atom is 0.138 e. The topological polar surface area (TPSA) is 70.5 Å². The Labute approximate surface area is 134 Å². The van der Waals surface area contributed by atoms with Crippen molar-refractivity contribution in [3.63, 3.8) is 0 Å². The maximum absolute atomic E-state index is 9.94. The number of aliphatic hydroxyl groups excluding tert-OH is 1. The molecule has 0 saturated carbocycles. The highest BCUT2D eigenvalue weighted by Gasteiger charge is 2.40. The molecule has 1 aliphatic rings. The number of aryl methyl sites for hydroxylation is 1. The van der Waals surface area contributed by atoms with E-state index in [1.165, 1.54) is 5.56 Å². The summed E-state index contributed by atoms with van der Waals surface area (Å²) in [6.07, 6.45) is 1.58. The lowest BCUT2D eigenvalue weighted by Crippen LogP contribution is -2.64. The predicted molar refractivity (Wildman–Crippen MR) is 88.5 cm³/mol. The van der Waals surface area contributed by atoms with Gasteiger partial charge in [0.1, 0.15) is 17.0 Å². The third-order valence-electron chi connectivity index (χ3n) is 4.57. The summed E-state index contributed by atoms with van der Waals surface area (Å²) in [6, 6.07) is 0.274. The number of morpholine rings is 1. The lowest BCUT2D eigenvalue weighted by atomic mass is 9.96. The Morgan fingerprint density at radius 2 is 2.36 bits per heavy atom. The molecule has 3 rings (SSSR count). The van der Waals surface area contributed by atoms with E-state index in [0.29, 0.717) is 19.8 Å². The van der Waals surface area contributed by atoms with Gasteiger partial charge in [-0.05, 0) is 31.8 Å². The normalized spacial score (nSPS) is 26.5. The van der Waals surface area contributed by atoms with E-state index < -0.39 is 5.54 Å². The number of aliphatic hydroxyl groups is 1. The second kappa shape index (κ2) is 6.08. The molecular formula is C15H22N4O2S. The Kier molecular flexibility index (Phi) is 4.31. The predicted octanol–water partition coefficient (Wildman–Crippen LogP) is 1.49. The van der Waals surface area contributed by atoms with Gasteiger partial charge in [0.05, 0.1) is 30.7 Å². The number of aromatic nitrogens is 2. The molecule has 3 heterocycles. The SMILES string of the molecule is Cc1csc2ncnc(NC[C@]3(CO)COC[C@@H](C)N3C)c12. The first-order valence-electron chi connectivity index (χ1n) is 7.41. The van der Waals surface area contributed by atoms with Crippen molar-refractivity contribution in [2.45, 2.75) is 25.4 Å². The minimum absolute atomic E-state index is 0.0394. The van der Waals surface area contributed by atoms with Gasteiger partial charge in [0, 0.05) is 12.6 Å². The first kappa shape index (κ1) is 15.6. The van der Waals surface area contributed by atoms with E-state index in [-0.39, 0.29) is 12.6 Å². The van der Waals surface area contributed by atoms with Crippen LogP contribution in [0.15, 0.2) is 11.7 Å². The number of hydrogen-bond donors (Lipinski definition) is 2. The van der Waals surface area contributed by atoms with E-state index in [1.54, 1.807) is 17.7 Å². The van der Waals surface area contributed by atoms with Gasteiger partial charge in [-0.15, -0.1) is 11.3 Å². The average Bonchev–Trinajstić information content (AvgIpc) is 2.91. The van der Waals surface area contributed by atoms with Crippen LogP contribution in [0.25, 0.3) is 10.2 Å². The molecule has 1 saturated heterocycles. The fourth-order valence-corrected chi connectivity index (χ4v) is 3.78. The van der Waals surface area contributed by atoms with Gasteiger partial charge >= 0.3 is 0 Å². The molecule has 0 unspecified atom stereocenters. The molecule has 0 spiro atoms. The Morgan fingerprint density at radius 3 is 3.14 bits per heavy atom. The van der Waals surface area contributed by atoms with Crippen LogP contribution >= 0.6 is 11.3 Å². The molecule has 0 radical (unpaired) electrons. The summed E-state index contributed by atoms with van der Waals surface area (Å²) in [5, 5.41) is 16.5. The monoisotopic (exact) mass is 322 g/mol. The van der Waals surface area contributed by atoms with Crippen LogP contribution in [0.4, 0.5) is 5.82 Å². The fourth-order valence-electron chi connectivity index (χ4n) is 2.89. The number of anilines is 1. The zero-order chi connectivity index (χ0) is 15.7. The second-order valence-corrected chi connectivity index (χ2v) is 6.89. The zero-order valence-corrected chi connectivity index (χ0v) is 14.0. The van der Waals surface area contributed by atoms with E-state index in [1.807, 2.05) is 7.05 Å². The fraction of sp³-hybridized carbons (Fsp3) is 0.600. The van der Waals surface area contributed by atoms with Crippen LogP contribution in [0.3, 0.4) is 0 Å². The highest BCUT2D eigenvalue weighted by Crippen LogP contribution is 2.29. The highest BCUT2D eigenvalue weighted by atomic mass is 32.1. The van der Waals surface area contributed by atoms with Crippen molar-refractivity contribution < 1.29 is 9.84 Å². The van der Waals surface area contributed by atoms with Gasteiger partial charge in [0.25, 0.3) is 0 Å². The number of nitrogens with zero attached hydrogens (tertiary/aromatic N) is 3. The molecule has 120 valence electrons. The van der Waals surface area contributed by atoms with Crippen LogP contribution in [-0.4, -0.2) is 65.0 Å². The molecule has 0 amide bonds. The minimum atomic E-state index is -0.432. The number of likely N-dealkylation sites (N-methyl/N-ethyl adjacent to an activating group) is 1. The van der Waals surface area contributed by atoms with Crippen LogP contribution in [-0.2, 0) is 4.74 Å². The van der Waals surface area contributed by atoms with Gasteiger partial charge in [-0.25, -0.2) is 9.97 Å². The van der Waals surface area contributed by atoms with Crippen LogP contribution in [0.1, 0.15) is 12.5 Å². The highest BCUT2D eigenvalue weighted by molar-refractivity contribution is 7.17. The summed E-state index contributed by atoms with van der Waals surface area (Å²) >= 11 is 1.62. The molecular weight excluding hydrogens is 300 g/mol. The second-order valence-electron chi connectivity index (χ2n) is 6.03. The first-order valence-corrected chi connectivity index (χ1v) is 8.29. The van der Waals surface area contributed by atoms with Gasteiger partial charge in [-0.2, -0.15) is 0 Å². The number of rotatable bonds is 4. The smallest absolute Gasteiger partial charge is 0.138 e. The van der Waals surface area contributed by atoms with E-state index in [2.05, 4.69) is 39.4 Å². The third-order valence-corrected chi connectivity index (χ3v) is 5.58. The van der Waals surface area contributed by atoms with E-state index in [0.717, 1.165) is 16.0 Å². The first-order chi connectivity index (χ1) is 10.6. The molecule has 1 aliphatic heterocycles. The van der Waals surface area contributed by atoms with Crippen molar-refractivity contribution in [3.8, 4) is 0 Å². The van der Waals surface area contributed by atoms with Gasteiger partial charge in [-0.1, -0.05) is 0 Å². The van der Waals surface area contributed by atoms with Crippen molar-refractivity contribution in [1.29, 1.82) is 0 Å². The zero-order valence-electron chi connectivity index (χ0n) is 13.2. The molecule has 2 aromatic rings. The molecule has 0 aliphatic carbocycles. The van der Waals surface area contributed by atoms with Gasteiger partial charge in [-0.3, -0.25) is 4.90 Å². The lowest BCUT2D eigenvalue weighted by molar-refractivity contribution is -0.101. The maximum atomic E-state index is 9.94. The molecule has 22 heavy (non-hydrogen) atoms. The Morgan fingerprint density at radius 1 is 1.55 bits per heavy atom. The molecule has 0 bridgehead atoms. The van der Waals surface area contributed by atoms with Crippen molar-refractivity contribution in [1.82, 2.24) is 14.9 Å². The quantitative estimate of drug-likeness (QED) is 0.889. The van der Waals surface area contributed by atoms with Crippen LogP contribution < -0.4 is 5.32 Å². The molecule has 2 N–H and O–H groups in total. The van der Waals surface area contributed by atoms with Gasteiger partial charge in [0.15, 0.2) is 0 Å². The Balaban J connectivity index is 1.84. The van der Waals surface area contributed by atoms with Crippen molar-refractivity contribution in [2.75, 3.05) is 38.7 Å². The minimum Gasteiger partial charge on any atom is -0.394 e. The number of ether oxygens (including phenoxy) is 1. The molecule has 2 atom stereocenters. The summed E-state index contributed by atoms with van der Waals surface area (Å²) in [4.78, 5) is 11.9. The lowest BCUT2D eigenvalue weighted by Gasteiger charge is -2.47. The van der Waals surface area contributed by atoms with Crippen LogP contribution in [0, 0.1) is 6.92 Å². The number of hydrogen-bond acceptors (Lipinski definition) is 7. The average molecular weight is 322 g/mol. The third kappa shape index (κ3) is 2.58. The van der Waals surface area contributed by atoms with Crippen molar-refractivity contribution in [2.24, 2.45) is 0 Å². The number of thiophene rings is 1. The Bertz CT molecular complexity index is 662. The summed E-state index contributed by atoms with van der Waals surface area (Å²) in [6.45, 7) is 5.99. The Hall–Kier alpha value is -1.28. The molecule has 6 nitrogen and oxygen atoms in total. The standard InChI is InChI=1S/C15H22N4O2S/c1-10-5-22-14-12(10)13(17-9-18-14)16-6-15(7-20)8-21-4-11(2)19(15)3/h5,9,11,20H,4,6-8H2,1-3H3,(H,16,17,18)/t11-,15+/m1/s1. The summed E-state index contributed by atoms with van der Waals surface area (Å²) < 4.78 is 5.67. The van der Waals surface area contributed by atoms with Gasteiger partial charge < -0.3 is 15.2 Å². The van der Waals surface area contributed by atoms with Crippen molar-refractivity contribution >= 4 is 27.4 Å². The molecule has 7 heteroatoms. The largest absolute Gasteiger partial charge is 0.394 e. The summed E-state index contributed by atoms with van der Waals surface area (Å²) in [5.74, 6) is 0.822. The number of nitrogens with one attached hydrogen (secondary N) is 1. The van der Waals surface area contributed by atoms with Gasteiger partial charge in [0.2, 0.25) is 0 Å². The van der Waals surface area contributed by atoms with E-state index in [4.69, 9.17) is 4.74 Å². The van der Waals surface area contributed by atoms with Crippen molar-refractivity contribution in [3.05, 3.63) is 17.3 Å².